The summed E-state index contributed by atoms with van der Waals surface area (Å²) in [5.41, 5.74) is 7.88. The Kier molecular flexibility index (Phi) is 5.90. The van der Waals surface area contributed by atoms with Gasteiger partial charge in [-0.05, 0) is 61.5 Å². The van der Waals surface area contributed by atoms with Crippen LogP contribution in [0, 0.1) is 6.92 Å². The molecule has 0 saturated carbocycles. The second-order valence-electron chi connectivity index (χ2n) is 12.0. The zero-order valence-corrected chi connectivity index (χ0v) is 25.6. The zero-order chi connectivity index (χ0) is 30.8. The lowest BCUT2D eigenvalue weighted by atomic mass is 10.1. The van der Waals surface area contributed by atoms with E-state index < -0.39 is 0 Å². The number of anilines is 1. The van der Waals surface area contributed by atoms with Crippen LogP contribution in [0.5, 0.6) is 11.5 Å². The van der Waals surface area contributed by atoms with Crippen molar-refractivity contribution in [2.45, 2.75) is 6.92 Å². The SMILES string of the molecule is Cc1ccc2c(c1)c1cnc(-n3c4ccccc4c4ccc(Oc5cccc(N6C=CN(C)C6)c5)cc43)cc1n2-c1ccccc1. The molecule has 0 fully saturated rings. The van der Waals surface area contributed by atoms with Crippen LogP contribution in [0.15, 0.2) is 140 Å². The number of pyridine rings is 1. The molecular weight excluding hydrogens is 566 g/mol. The quantitative estimate of drug-likeness (QED) is 0.198. The summed E-state index contributed by atoms with van der Waals surface area (Å²) in [6, 6.07) is 42.6. The zero-order valence-electron chi connectivity index (χ0n) is 25.6. The Labute approximate surface area is 266 Å². The van der Waals surface area contributed by atoms with Crippen LogP contribution in [0.4, 0.5) is 5.69 Å². The molecule has 0 radical (unpaired) electrons. The predicted molar refractivity (Wildman–Crippen MR) is 188 cm³/mol. The molecule has 46 heavy (non-hydrogen) atoms. The number of hydrogen-bond acceptors (Lipinski definition) is 4. The number of fused-ring (bicyclic) bond motifs is 6. The minimum Gasteiger partial charge on any atom is -0.457 e. The van der Waals surface area contributed by atoms with Gasteiger partial charge in [0.05, 0.1) is 28.7 Å². The Morgan fingerprint density at radius 3 is 2.20 bits per heavy atom. The monoisotopic (exact) mass is 597 g/mol. The third-order valence-corrected chi connectivity index (χ3v) is 8.94. The van der Waals surface area contributed by atoms with Crippen LogP contribution in [-0.4, -0.2) is 32.7 Å². The van der Waals surface area contributed by atoms with Crippen molar-refractivity contribution in [1.29, 1.82) is 0 Å². The van der Waals surface area contributed by atoms with E-state index in [0.29, 0.717) is 0 Å². The van der Waals surface area contributed by atoms with Crippen LogP contribution in [0.2, 0.25) is 0 Å². The lowest BCUT2D eigenvalue weighted by Gasteiger charge is -2.19. The van der Waals surface area contributed by atoms with Gasteiger partial charge in [0.2, 0.25) is 0 Å². The molecular formula is C40H31N5O. The van der Waals surface area contributed by atoms with E-state index in [1.807, 2.05) is 18.3 Å². The Hall–Kier alpha value is -6.01. The number of benzene rings is 5. The molecule has 0 unspecified atom stereocenters. The van der Waals surface area contributed by atoms with Crippen molar-refractivity contribution in [3.05, 3.63) is 145 Å². The molecule has 0 amide bonds. The molecule has 6 nitrogen and oxygen atoms in total. The normalized spacial score (nSPS) is 13.2. The number of aryl methyl sites for hydroxylation is 1. The van der Waals surface area contributed by atoms with Gasteiger partial charge in [0, 0.05) is 76.8 Å². The van der Waals surface area contributed by atoms with Crippen LogP contribution in [0.25, 0.3) is 55.1 Å². The average Bonchev–Trinajstić information content (AvgIpc) is 3.76. The fraction of sp³-hybridized carbons (Fsp3) is 0.0750. The standard InChI is InChI=1S/C40H31N5O/c1-27-15-18-37-34(21-27)35-25-41-40(24-39(35)44(37)28-9-4-3-5-10-28)45-36-14-7-6-13-32(36)33-17-16-31(23-38(33)45)46-30-12-8-11-29(22-30)43-20-19-42(2)26-43/h3-25H,26H2,1-2H3. The summed E-state index contributed by atoms with van der Waals surface area (Å²) in [6.07, 6.45) is 6.19. The van der Waals surface area contributed by atoms with Gasteiger partial charge >= 0.3 is 0 Å². The van der Waals surface area contributed by atoms with Crippen molar-refractivity contribution < 1.29 is 4.74 Å². The lowest BCUT2D eigenvalue weighted by molar-refractivity contribution is 0.481. The van der Waals surface area contributed by atoms with Gasteiger partial charge in [0.15, 0.2) is 0 Å². The molecule has 9 rings (SSSR count). The Morgan fingerprint density at radius 2 is 1.33 bits per heavy atom. The number of hydrogen-bond donors (Lipinski definition) is 0. The molecule has 0 bridgehead atoms. The van der Waals surface area contributed by atoms with Gasteiger partial charge in [-0.1, -0.05) is 54.1 Å². The highest BCUT2D eigenvalue weighted by Gasteiger charge is 2.18. The van der Waals surface area contributed by atoms with Gasteiger partial charge in [-0.15, -0.1) is 0 Å². The lowest BCUT2D eigenvalue weighted by Crippen LogP contribution is -2.21. The van der Waals surface area contributed by atoms with E-state index in [2.05, 4.69) is 154 Å². The molecule has 0 aliphatic carbocycles. The minimum atomic E-state index is 0.776. The van der Waals surface area contributed by atoms with Gasteiger partial charge in [0.25, 0.3) is 0 Å². The van der Waals surface area contributed by atoms with E-state index in [0.717, 1.165) is 62.7 Å². The van der Waals surface area contributed by atoms with Crippen LogP contribution in [-0.2, 0) is 0 Å². The van der Waals surface area contributed by atoms with Crippen LogP contribution >= 0.6 is 0 Å². The van der Waals surface area contributed by atoms with E-state index in [4.69, 9.17) is 9.72 Å². The fourth-order valence-corrected chi connectivity index (χ4v) is 6.81. The maximum atomic E-state index is 6.50. The number of para-hydroxylation sites is 2. The van der Waals surface area contributed by atoms with E-state index in [1.165, 1.54) is 21.9 Å². The molecule has 1 aliphatic heterocycles. The smallest absolute Gasteiger partial charge is 0.139 e. The van der Waals surface area contributed by atoms with Crippen molar-refractivity contribution in [3.8, 4) is 23.0 Å². The van der Waals surface area contributed by atoms with Gasteiger partial charge in [0.1, 0.15) is 17.3 Å². The molecule has 1 aliphatic rings. The average molecular weight is 598 g/mol. The summed E-state index contributed by atoms with van der Waals surface area (Å²) in [5.74, 6) is 2.43. The largest absolute Gasteiger partial charge is 0.457 e. The van der Waals surface area contributed by atoms with E-state index in [-0.39, 0.29) is 0 Å². The summed E-state index contributed by atoms with van der Waals surface area (Å²) in [4.78, 5) is 9.45. The third-order valence-electron chi connectivity index (χ3n) is 8.94. The van der Waals surface area contributed by atoms with E-state index in [9.17, 15) is 0 Å². The predicted octanol–water partition coefficient (Wildman–Crippen LogP) is 9.56. The molecule has 0 spiro atoms. The van der Waals surface area contributed by atoms with E-state index in [1.54, 1.807) is 0 Å². The van der Waals surface area contributed by atoms with Gasteiger partial charge < -0.3 is 19.1 Å². The molecule has 222 valence electrons. The maximum absolute atomic E-state index is 6.50. The molecule has 0 N–H and O–H groups in total. The molecule has 6 heteroatoms. The topological polar surface area (TPSA) is 38.5 Å². The number of aromatic nitrogens is 3. The Morgan fingerprint density at radius 1 is 0.565 bits per heavy atom. The van der Waals surface area contributed by atoms with Crippen molar-refractivity contribution in [2.24, 2.45) is 0 Å². The molecule has 4 heterocycles. The second kappa shape index (κ2) is 10.3. The first-order valence-electron chi connectivity index (χ1n) is 15.5. The van der Waals surface area contributed by atoms with Crippen LogP contribution in [0.1, 0.15) is 5.56 Å². The summed E-state index contributed by atoms with van der Waals surface area (Å²) in [7, 11) is 2.07. The highest BCUT2D eigenvalue weighted by atomic mass is 16.5. The Balaban J connectivity index is 1.22. The summed E-state index contributed by atoms with van der Waals surface area (Å²) < 4.78 is 11.1. The van der Waals surface area contributed by atoms with Crippen molar-refractivity contribution in [1.82, 2.24) is 19.0 Å². The van der Waals surface area contributed by atoms with Crippen LogP contribution < -0.4 is 9.64 Å². The molecule has 0 saturated heterocycles. The Bertz CT molecular complexity index is 2470. The second-order valence-corrected chi connectivity index (χ2v) is 12.0. The van der Waals surface area contributed by atoms with Crippen LogP contribution in [0.3, 0.4) is 0 Å². The third kappa shape index (κ3) is 4.22. The summed E-state index contributed by atoms with van der Waals surface area (Å²) >= 11 is 0. The minimum absolute atomic E-state index is 0.776. The van der Waals surface area contributed by atoms with Crippen molar-refractivity contribution in [2.75, 3.05) is 18.6 Å². The molecule has 5 aromatic carbocycles. The summed E-state index contributed by atoms with van der Waals surface area (Å²) in [6.45, 7) is 2.96. The number of rotatable bonds is 5. The van der Waals surface area contributed by atoms with E-state index >= 15 is 0 Å². The van der Waals surface area contributed by atoms with Crippen molar-refractivity contribution in [3.63, 3.8) is 0 Å². The first-order valence-corrected chi connectivity index (χ1v) is 15.5. The molecule has 3 aromatic heterocycles. The van der Waals surface area contributed by atoms with Gasteiger partial charge in [-0.2, -0.15) is 0 Å². The first kappa shape index (κ1) is 26.4. The maximum Gasteiger partial charge on any atom is 0.139 e. The number of ether oxygens (including phenoxy) is 1. The van der Waals surface area contributed by atoms with Gasteiger partial charge in [-0.25, -0.2) is 4.98 Å². The highest BCUT2D eigenvalue weighted by Crippen LogP contribution is 2.38. The summed E-state index contributed by atoms with van der Waals surface area (Å²) in [5, 5.41) is 4.67. The molecule has 8 aromatic rings. The molecule has 0 atom stereocenters. The number of nitrogens with zero attached hydrogens (tertiary/aromatic N) is 5. The first-order chi connectivity index (χ1) is 22.6. The van der Waals surface area contributed by atoms with Crippen molar-refractivity contribution >= 4 is 49.3 Å². The van der Waals surface area contributed by atoms with Gasteiger partial charge in [-0.3, -0.25) is 4.57 Å². The highest BCUT2D eigenvalue weighted by molar-refractivity contribution is 6.11. The fourth-order valence-electron chi connectivity index (χ4n) is 6.81.